The van der Waals surface area contributed by atoms with Gasteiger partial charge in [0.15, 0.2) is 0 Å². The lowest BCUT2D eigenvalue weighted by Crippen LogP contribution is -2.07. The summed E-state index contributed by atoms with van der Waals surface area (Å²) in [6.07, 6.45) is 1.00. The summed E-state index contributed by atoms with van der Waals surface area (Å²) in [6, 6.07) is 7.34. The van der Waals surface area contributed by atoms with E-state index in [-0.39, 0.29) is 5.76 Å². The van der Waals surface area contributed by atoms with Gasteiger partial charge in [-0.1, -0.05) is 13.0 Å². The molecule has 3 N–H and O–H groups in total. The highest BCUT2D eigenvalue weighted by molar-refractivity contribution is 7.99. The van der Waals surface area contributed by atoms with Crippen molar-refractivity contribution in [3.63, 3.8) is 0 Å². The molecule has 0 bridgehead atoms. The third-order valence-corrected chi connectivity index (χ3v) is 4.20. The molecule has 0 aliphatic rings. The summed E-state index contributed by atoms with van der Waals surface area (Å²) in [7, 11) is 0. The summed E-state index contributed by atoms with van der Waals surface area (Å²) in [5.41, 5.74) is 7.30. The Morgan fingerprint density at radius 1 is 1.47 bits per heavy atom. The van der Waals surface area contributed by atoms with Gasteiger partial charge in [0.2, 0.25) is 5.76 Å². The summed E-state index contributed by atoms with van der Waals surface area (Å²) in [5, 5.41) is 10.2. The van der Waals surface area contributed by atoms with Gasteiger partial charge in [0.05, 0.1) is 0 Å². The van der Waals surface area contributed by atoms with Crippen LogP contribution in [0.2, 0.25) is 0 Å². The predicted molar refractivity (Wildman–Crippen MR) is 77.6 cm³/mol. The maximum Gasteiger partial charge on any atom is 0.371 e. The third-order valence-electron chi connectivity index (χ3n) is 2.90. The average molecular weight is 279 g/mol. The summed E-state index contributed by atoms with van der Waals surface area (Å²) in [6.45, 7) is 2.87. The summed E-state index contributed by atoms with van der Waals surface area (Å²) in [5.74, 6) is -0.162. The van der Waals surface area contributed by atoms with E-state index in [2.05, 4.69) is 6.92 Å². The molecule has 0 saturated carbocycles. The molecule has 102 valence electrons. The van der Waals surface area contributed by atoms with E-state index >= 15 is 0 Å². The molecule has 0 saturated heterocycles. The number of carbonyl (C=O) groups is 1. The van der Waals surface area contributed by atoms with Crippen LogP contribution in [0, 0.1) is 0 Å². The fourth-order valence-electron chi connectivity index (χ4n) is 1.84. The lowest BCUT2D eigenvalue weighted by atomic mass is 10.2. The first kappa shape index (κ1) is 14.0. The van der Waals surface area contributed by atoms with Crippen molar-refractivity contribution in [1.29, 1.82) is 0 Å². The highest BCUT2D eigenvalue weighted by Crippen LogP contribution is 2.25. The minimum absolute atomic E-state index is 0.0173. The van der Waals surface area contributed by atoms with Gasteiger partial charge in [-0.05, 0) is 36.7 Å². The van der Waals surface area contributed by atoms with E-state index in [9.17, 15) is 4.79 Å². The van der Waals surface area contributed by atoms with Crippen LogP contribution in [0.15, 0.2) is 28.7 Å². The number of benzene rings is 1. The van der Waals surface area contributed by atoms with Crippen molar-refractivity contribution in [1.82, 2.24) is 0 Å². The number of nitrogens with two attached hydrogens (primary N) is 1. The second-order valence-corrected chi connectivity index (χ2v) is 5.91. The molecule has 1 aromatic carbocycles. The number of aromatic carboxylic acids is 1. The Hall–Kier alpha value is -1.46. The fourth-order valence-corrected chi connectivity index (χ4v) is 2.80. The van der Waals surface area contributed by atoms with E-state index in [0.29, 0.717) is 17.4 Å². The number of hydrogen-bond acceptors (Lipinski definition) is 4. The second kappa shape index (κ2) is 6.12. The Morgan fingerprint density at radius 2 is 2.26 bits per heavy atom. The van der Waals surface area contributed by atoms with Crippen LogP contribution in [0.3, 0.4) is 0 Å². The van der Waals surface area contributed by atoms with Gasteiger partial charge < -0.3 is 15.3 Å². The standard InChI is InChI=1S/C14H17NO3S/c1-9(4-5-15)19-8-10-2-3-12-11(6-10)7-13(18-12)14(16)17/h2-3,6-7,9H,4-5,8,15H2,1H3,(H,16,17). The Bertz CT molecular complexity index is 579. The summed E-state index contributed by atoms with van der Waals surface area (Å²) >= 11 is 1.85. The van der Waals surface area contributed by atoms with Crippen molar-refractivity contribution in [2.24, 2.45) is 5.73 Å². The minimum Gasteiger partial charge on any atom is -0.475 e. The van der Waals surface area contributed by atoms with Crippen LogP contribution in [0.5, 0.6) is 0 Å². The first-order chi connectivity index (χ1) is 9.10. The van der Waals surface area contributed by atoms with E-state index in [1.54, 1.807) is 6.07 Å². The molecule has 1 unspecified atom stereocenters. The van der Waals surface area contributed by atoms with Crippen LogP contribution in [0.25, 0.3) is 11.0 Å². The number of carboxylic acid groups (broad SMARTS) is 1. The molecule has 2 aromatic rings. The molecule has 1 heterocycles. The zero-order valence-electron chi connectivity index (χ0n) is 10.8. The average Bonchev–Trinajstić information content (AvgIpc) is 2.80. The molecule has 0 fully saturated rings. The van der Waals surface area contributed by atoms with Gasteiger partial charge in [-0.25, -0.2) is 4.79 Å². The molecule has 4 nitrogen and oxygen atoms in total. The Kier molecular flexibility index (Phi) is 4.50. The molecular formula is C14H17NO3S. The zero-order valence-corrected chi connectivity index (χ0v) is 11.6. The highest BCUT2D eigenvalue weighted by atomic mass is 32.2. The molecule has 0 aliphatic carbocycles. The van der Waals surface area contributed by atoms with Crippen molar-refractivity contribution in [2.75, 3.05) is 6.54 Å². The van der Waals surface area contributed by atoms with Crippen molar-refractivity contribution in [3.8, 4) is 0 Å². The van der Waals surface area contributed by atoms with Crippen molar-refractivity contribution in [3.05, 3.63) is 35.6 Å². The number of hydrogen-bond donors (Lipinski definition) is 2. The zero-order chi connectivity index (χ0) is 13.8. The number of fused-ring (bicyclic) bond motifs is 1. The second-order valence-electron chi connectivity index (χ2n) is 4.49. The molecule has 5 heteroatoms. The monoisotopic (exact) mass is 279 g/mol. The first-order valence-electron chi connectivity index (χ1n) is 6.17. The number of thioether (sulfide) groups is 1. The maximum atomic E-state index is 10.8. The van der Waals surface area contributed by atoms with E-state index < -0.39 is 5.97 Å². The number of furan rings is 1. The Labute approximate surface area is 116 Å². The third kappa shape index (κ3) is 3.52. The maximum absolute atomic E-state index is 10.8. The van der Waals surface area contributed by atoms with Crippen molar-refractivity contribution < 1.29 is 14.3 Å². The van der Waals surface area contributed by atoms with Gasteiger partial charge in [-0.15, -0.1) is 0 Å². The van der Waals surface area contributed by atoms with Crippen LogP contribution in [0.1, 0.15) is 29.5 Å². The van der Waals surface area contributed by atoms with Gasteiger partial charge in [-0.2, -0.15) is 11.8 Å². The van der Waals surface area contributed by atoms with Crippen LogP contribution < -0.4 is 5.73 Å². The molecule has 19 heavy (non-hydrogen) atoms. The fraction of sp³-hybridized carbons (Fsp3) is 0.357. The van der Waals surface area contributed by atoms with E-state index in [1.165, 1.54) is 5.56 Å². The molecule has 2 rings (SSSR count). The SMILES string of the molecule is CC(CCN)SCc1ccc2oc(C(=O)O)cc2c1. The number of carboxylic acids is 1. The molecule has 1 aromatic heterocycles. The molecule has 1 atom stereocenters. The predicted octanol–water partition coefficient (Wildman–Crippen LogP) is 3.10. The van der Waals surface area contributed by atoms with Gasteiger partial charge >= 0.3 is 5.97 Å². The van der Waals surface area contributed by atoms with Gasteiger partial charge in [0.1, 0.15) is 5.58 Å². The molecule has 0 spiro atoms. The quantitative estimate of drug-likeness (QED) is 0.849. The van der Waals surface area contributed by atoms with Gasteiger partial charge in [-0.3, -0.25) is 0 Å². The van der Waals surface area contributed by atoms with Gasteiger partial charge in [0.25, 0.3) is 0 Å². The van der Waals surface area contributed by atoms with Gasteiger partial charge in [0, 0.05) is 16.4 Å². The summed E-state index contributed by atoms with van der Waals surface area (Å²) in [4.78, 5) is 10.8. The molecule has 0 aliphatic heterocycles. The van der Waals surface area contributed by atoms with E-state index in [4.69, 9.17) is 15.3 Å². The van der Waals surface area contributed by atoms with Crippen LogP contribution in [-0.4, -0.2) is 22.9 Å². The summed E-state index contributed by atoms with van der Waals surface area (Å²) < 4.78 is 5.23. The van der Waals surface area contributed by atoms with E-state index in [1.807, 2.05) is 30.0 Å². The van der Waals surface area contributed by atoms with Crippen LogP contribution >= 0.6 is 11.8 Å². The highest BCUT2D eigenvalue weighted by Gasteiger charge is 2.11. The molecular weight excluding hydrogens is 262 g/mol. The first-order valence-corrected chi connectivity index (χ1v) is 7.22. The normalized spacial score (nSPS) is 12.7. The lowest BCUT2D eigenvalue weighted by molar-refractivity contribution is 0.0665. The van der Waals surface area contributed by atoms with Crippen molar-refractivity contribution >= 4 is 28.7 Å². The topological polar surface area (TPSA) is 76.5 Å². The Balaban J connectivity index is 2.10. The van der Waals surface area contributed by atoms with Crippen molar-refractivity contribution in [2.45, 2.75) is 24.3 Å². The van der Waals surface area contributed by atoms with Crippen LogP contribution in [0.4, 0.5) is 0 Å². The largest absolute Gasteiger partial charge is 0.475 e. The molecule has 0 radical (unpaired) electrons. The number of rotatable bonds is 6. The van der Waals surface area contributed by atoms with E-state index in [0.717, 1.165) is 17.6 Å². The molecule has 0 amide bonds. The lowest BCUT2D eigenvalue weighted by Gasteiger charge is -2.09. The van der Waals surface area contributed by atoms with Crippen LogP contribution in [-0.2, 0) is 5.75 Å². The Morgan fingerprint density at radius 3 is 2.95 bits per heavy atom. The smallest absolute Gasteiger partial charge is 0.371 e. The minimum atomic E-state index is -1.04.